The fourth-order valence-electron chi connectivity index (χ4n) is 3.02. The number of nitro benzene ring substituents is 1. The van der Waals surface area contributed by atoms with Gasteiger partial charge >= 0.3 is 0 Å². The smallest absolute Gasteiger partial charge is 0.293 e. The van der Waals surface area contributed by atoms with E-state index < -0.39 is 10.8 Å². The van der Waals surface area contributed by atoms with Crippen molar-refractivity contribution in [3.8, 4) is 0 Å². The molecule has 2 heterocycles. The predicted octanol–water partition coefficient (Wildman–Crippen LogP) is 3.52. The fraction of sp³-hybridized carbons (Fsp3) is 0.105. The Hall–Kier alpha value is -3.66. The van der Waals surface area contributed by atoms with Crippen LogP contribution in [0, 0.1) is 10.1 Å². The van der Waals surface area contributed by atoms with Gasteiger partial charge in [-0.3, -0.25) is 29.4 Å². The molecule has 1 aromatic heterocycles. The van der Waals surface area contributed by atoms with Crippen LogP contribution in [0.5, 0.6) is 0 Å². The Morgan fingerprint density at radius 2 is 1.97 bits per heavy atom. The number of non-ortho nitro benzene ring substituents is 1. The monoisotopic (exact) mass is 410 g/mol. The second kappa shape index (κ2) is 7.40. The number of para-hydroxylation sites is 1. The van der Waals surface area contributed by atoms with Crippen molar-refractivity contribution in [2.45, 2.75) is 6.54 Å². The molecule has 0 spiro atoms. The highest BCUT2D eigenvalue weighted by Crippen LogP contribution is 2.26. The quantitative estimate of drug-likeness (QED) is 0.490. The third-order valence-corrected chi connectivity index (χ3v) is 5.33. The maximum atomic E-state index is 12.5. The van der Waals surface area contributed by atoms with Gasteiger partial charge in [-0.05, 0) is 23.8 Å². The van der Waals surface area contributed by atoms with Crippen LogP contribution in [0.2, 0.25) is 0 Å². The normalized spacial score (nSPS) is 13.9. The highest BCUT2D eigenvalue weighted by Gasteiger charge is 2.29. The molecule has 2 N–H and O–H groups in total. The number of aromatic amines is 1. The molecule has 9 nitrogen and oxygen atoms in total. The number of amides is 3. The zero-order valence-electron chi connectivity index (χ0n) is 14.9. The summed E-state index contributed by atoms with van der Waals surface area (Å²) in [5, 5.41) is 14.1. The van der Waals surface area contributed by atoms with E-state index in [-0.39, 0.29) is 40.3 Å². The maximum absolute atomic E-state index is 12.5. The number of rotatable bonds is 5. The van der Waals surface area contributed by atoms with Gasteiger partial charge in [-0.1, -0.05) is 36.0 Å². The van der Waals surface area contributed by atoms with Crippen molar-refractivity contribution in [3.05, 3.63) is 69.9 Å². The molecular weight excluding hydrogens is 396 g/mol. The van der Waals surface area contributed by atoms with Crippen LogP contribution in [0.4, 0.5) is 16.2 Å². The average Bonchev–Trinajstić information content (AvgIpc) is 3.27. The third-order valence-electron chi connectivity index (χ3n) is 4.47. The number of nitrogens with one attached hydrogen (secondary N) is 2. The molecule has 0 aliphatic carbocycles. The van der Waals surface area contributed by atoms with Crippen LogP contribution >= 0.6 is 11.8 Å². The summed E-state index contributed by atoms with van der Waals surface area (Å²) in [6, 6.07) is 12.9. The molecule has 0 unspecified atom stereocenters. The largest absolute Gasteiger partial charge is 0.345 e. The topological polar surface area (TPSA) is 125 Å². The van der Waals surface area contributed by atoms with Crippen molar-refractivity contribution in [1.82, 2.24) is 9.88 Å². The fourth-order valence-corrected chi connectivity index (χ4v) is 3.75. The zero-order valence-corrected chi connectivity index (χ0v) is 15.7. The molecule has 1 fully saturated rings. The third kappa shape index (κ3) is 3.69. The van der Waals surface area contributed by atoms with E-state index in [1.807, 2.05) is 0 Å². The summed E-state index contributed by atoms with van der Waals surface area (Å²) in [5.74, 6) is -0.495. The van der Waals surface area contributed by atoms with Gasteiger partial charge in [-0.15, -0.1) is 0 Å². The molecule has 146 valence electrons. The van der Waals surface area contributed by atoms with E-state index in [0.717, 1.165) is 17.3 Å². The number of imide groups is 1. The van der Waals surface area contributed by atoms with Crippen molar-refractivity contribution < 1.29 is 19.3 Å². The van der Waals surface area contributed by atoms with Crippen molar-refractivity contribution in [3.63, 3.8) is 0 Å². The molecule has 29 heavy (non-hydrogen) atoms. The summed E-state index contributed by atoms with van der Waals surface area (Å²) in [6.45, 7) is 0.185. The zero-order chi connectivity index (χ0) is 20.5. The highest BCUT2D eigenvalue weighted by molar-refractivity contribution is 8.14. The van der Waals surface area contributed by atoms with E-state index in [1.165, 1.54) is 11.0 Å². The van der Waals surface area contributed by atoms with Gasteiger partial charge in [0.25, 0.3) is 16.8 Å². The summed E-state index contributed by atoms with van der Waals surface area (Å²) in [5.41, 5.74) is 1.66. The lowest BCUT2D eigenvalue weighted by molar-refractivity contribution is -0.383. The number of thioether (sulfide) groups is 1. The number of anilines is 1. The molecule has 3 aromatic rings. The van der Waals surface area contributed by atoms with Gasteiger partial charge in [-0.2, -0.15) is 0 Å². The summed E-state index contributed by atoms with van der Waals surface area (Å²) >= 11 is 0.981. The molecule has 1 aliphatic rings. The lowest BCUT2D eigenvalue weighted by atomic mass is 10.2. The number of aromatic nitrogens is 1. The highest BCUT2D eigenvalue weighted by atomic mass is 32.2. The first kappa shape index (κ1) is 18.7. The van der Waals surface area contributed by atoms with Gasteiger partial charge in [0.2, 0.25) is 5.91 Å². The standard InChI is InChI=1S/C19H14N4O5S/c24-16-10-29-19(26)22(16)9-11-4-6-13(7-5-11)20-18(25)14-8-12-2-1-3-15(23(27)28)17(12)21-14/h1-8,21H,9-10H2,(H,20,25). The van der Waals surface area contributed by atoms with E-state index in [1.54, 1.807) is 42.5 Å². The number of hydrogen-bond donors (Lipinski definition) is 2. The van der Waals surface area contributed by atoms with Crippen molar-refractivity contribution >= 4 is 51.1 Å². The first-order valence-corrected chi connectivity index (χ1v) is 9.54. The number of nitro groups is 1. The summed E-state index contributed by atoms with van der Waals surface area (Å²) in [6.07, 6.45) is 0. The van der Waals surface area contributed by atoms with E-state index in [9.17, 15) is 24.5 Å². The van der Waals surface area contributed by atoms with Crippen molar-refractivity contribution in [2.24, 2.45) is 0 Å². The minimum atomic E-state index is -0.506. The minimum Gasteiger partial charge on any atom is -0.345 e. The van der Waals surface area contributed by atoms with E-state index in [4.69, 9.17) is 0 Å². The minimum absolute atomic E-state index is 0.102. The summed E-state index contributed by atoms with van der Waals surface area (Å²) in [7, 11) is 0. The Kier molecular flexibility index (Phi) is 4.77. The molecular formula is C19H14N4O5S. The van der Waals surface area contributed by atoms with Crippen LogP contribution in [0.25, 0.3) is 10.9 Å². The Bertz CT molecular complexity index is 1140. The molecule has 3 amide bonds. The number of carbonyl (C=O) groups excluding carboxylic acids is 3. The molecule has 0 bridgehead atoms. The number of fused-ring (bicyclic) bond motifs is 1. The lowest BCUT2D eigenvalue weighted by Gasteiger charge is -2.13. The van der Waals surface area contributed by atoms with E-state index in [0.29, 0.717) is 11.1 Å². The van der Waals surface area contributed by atoms with Crippen LogP contribution in [-0.2, 0) is 11.3 Å². The predicted molar refractivity (Wildman–Crippen MR) is 108 cm³/mol. The first-order valence-electron chi connectivity index (χ1n) is 8.56. The van der Waals surface area contributed by atoms with Gasteiger partial charge in [0.05, 0.1) is 17.2 Å². The van der Waals surface area contributed by atoms with Crippen LogP contribution in [0.3, 0.4) is 0 Å². The number of H-pyrrole nitrogens is 1. The van der Waals surface area contributed by atoms with Gasteiger partial charge in [0, 0.05) is 17.1 Å². The van der Waals surface area contributed by atoms with Crippen LogP contribution in [-0.4, -0.2) is 37.6 Å². The number of nitrogens with zero attached hydrogens (tertiary/aromatic N) is 2. The van der Waals surface area contributed by atoms with Crippen LogP contribution in [0.1, 0.15) is 16.1 Å². The first-order chi connectivity index (χ1) is 13.9. The molecule has 4 rings (SSSR count). The van der Waals surface area contributed by atoms with Crippen LogP contribution in [0.15, 0.2) is 48.5 Å². The van der Waals surface area contributed by atoms with Gasteiger partial charge in [0.15, 0.2) is 0 Å². The van der Waals surface area contributed by atoms with E-state index >= 15 is 0 Å². The van der Waals surface area contributed by atoms with Crippen molar-refractivity contribution in [2.75, 3.05) is 11.1 Å². The maximum Gasteiger partial charge on any atom is 0.293 e. The summed E-state index contributed by atoms with van der Waals surface area (Å²) in [4.78, 5) is 50.4. The van der Waals surface area contributed by atoms with Gasteiger partial charge in [0.1, 0.15) is 11.2 Å². The second-order valence-corrected chi connectivity index (χ2v) is 7.29. The molecule has 1 saturated heterocycles. The van der Waals surface area contributed by atoms with Crippen LogP contribution < -0.4 is 5.32 Å². The summed E-state index contributed by atoms with van der Waals surface area (Å²) < 4.78 is 0. The van der Waals surface area contributed by atoms with E-state index in [2.05, 4.69) is 10.3 Å². The molecule has 1 aliphatic heterocycles. The molecule has 0 atom stereocenters. The molecule has 0 radical (unpaired) electrons. The SMILES string of the molecule is O=C(Nc1ccc(CN2C(=O)CSC2=O)cc1)c1cc2cccc([N+](=O)[O-])c2[nH]1. The van der Waals surface area contributed by atoms with Gasteiger partial charge in [-0.25, -0.2) is 0 Å². The number of carbonyl (C=O) groups is 3. The lowest BCUT2D eigenvalue weighted by Crippen LogP contribution is -2.27. The van der Waals surface area contributed by atoms with Crippen molar-refractivity contribution in [1.29, 1.82) is 0 Å². The Labute approximate surface area is 168 Å². The molecule has 2 aromatic carbocycles. The average molecular weight is 410 g/mol. The number of benzene rings is 2. The second-order valence-electron chi connectivity index (χ2n) is 6.37. The Morgan fingerprint density at radius 1 is 1.21 bits per heavy atom. The Morgan fingerprint density at radius 3 is 2.62 bits per heavy atom. The Balaban J connectivity index is 1.48. The molecule has 0 saturated carbocycles. The van der Waals surface area contributed by atoms with Gasteiger partial charge < -0.3 is 10.3 Å². The molecule has 10 heteroatoms. The number of hydrogen-bond acceptors (Lipinski definition) is 6.